The Morgan fingerprint density at radius 3 is 0.735 bits per heavy atom. The van der Waals surface area contributed by atoms with Crippen LogP contribution in [-0.2, 0) is 19.5 Å². The molecule has 3 aromatic heterocycles. The van der Waals surface area contributed by atoms with Gasteiger partial charge in [-0.15, -0.1) is 22.1 Å². The van der Waals surface area contributed by atoms with Crippen molar-refractivity contribution in [1.29, 1.82) is 0 Å². The second-order valence-corrected chi connectivity index (χ2v) is 11.8. The van der Waals surface area contributed by atoms with E-state index in [0.717, 1.165) is 89.4 Å². The molecular weight excluding hydrogens is 687 g/mol. The van der Waals surface area contributed by atoms with Crippen molar-refractivity contribution in [3.05, 3.63) is 168 Å². The fraction of sp³-hybridized carbons (Fsp3) is 0. The summed E-state index contributed by atoms with van der Waals surface area (Å²) >= 11 is 0. The number of nitrogens with zero attached hydrogens (tertiary/aromatic N) is 4. The Bertz CT molecular complexity index is 2180. The number of benzene rings is 4. The molecule has 0 N–H and O–H groups in total. The Balaban J connectivity index is 0.00000348. The predicted octanol–water partition coefficient (Wildman–Crippen LogP) is 10.6. The predicted molar refractivity (Wildman–Crippen MR) is 199 cm³/mol. The molecule has 2 aliphatic heterocycles. The summed E-state index contributed by atoms with van der Waals surface area (Å²) in [5, 5.41) is 0. The van der Waals surface area contributed by atoms with Gasteiger partial charge in [0.25, 0.3) is 0 Å². The number of aromatic nitrogens is 4. The first-order valence-electron chi connectivity index (χ1n) is 16.1. The largest absolute Gasteiger partial charge is 3.00 e. The maximum Gasteiger partial charge on any atom is 3.00 e. The second kappa shape index (κ2) is 13.0. The molecule has 0 atom stereocenters. The Morgan fingerprint density at radius 1 is 0.286 bits per heavy atom. The van der Waals surface area contributed by atoms with E-state index in [2.05, 4.69) is 146 Å². The number of hydrogen-bond acceptors (Lipinski definition) is 2. The molecule has 0 fully saturated rings. The number of hydrogen-bond donors (Lipinski definition) is 0. The third-order valence-electron chi connectivity index (χ3n) is 8.86. The van der Waals surface area contributed by atoms with Crippen molar-refractivity contribution < 1.29 is 19.5 Å². The third kappa shape index (κ3) is 5.59. The molecular formula is C44H28N4Rh+. The van der Waals surface area contributed by atoms with Gasteiger partial charge in [-0.2, -0.15) is 0 Å². The number of rotatable bonds is 4. The second-order valence-electron chi connectivity index (χ2n) is 11.8. The molecule has 0 radical (unpaired) electrons. The first kappa shape index (κ1) is 30.4. The standard InChI is InChI=1S/C44H28N4.Rh/c1-5-13-29(14-6-1)41-33-21-23-35(45-33)42(30-15-7-2-8-16-30)37-25-27-39(47-37)44(32-19-11-4-12-20-32)40-28-26-38(48-40)43(31-17-9-3-10-18-31)36-24-22-34(41)46-36;/h1-28H;/q-2;+3. The maximum atomic E-state index is 5.31. The molecule has 0 unspecified atom stereocenters. The van der Waals surface area contributed by atoms with Crippen molar-refractivity contribution >= 4 is 46.4 Å². The number of fused-ring (bicyclic) bond motifs is 8. The van der Waals surface area contributed by atoms with Gasteiger partial charge in [0.15, 0.2) is 0 Å². The van der Waals surface area contributed by atoms with Crippen molar-refractivity contribution in [3.8, 4) is 44.5 Å². The van der Waals surface area contributed by atoms with E-state index in [1.165, 1.54) is 0 Å². The minimum atomic E-state index is 0. The summed E-state index contributed by atoms with van der Waals surface area (Å²) in [5.74, 6) is 0. The fourth-order valence-electron chi connectivity index (χ4n) is 6.69. The summed E-state index contributed by atoms with van der Waals surface area (Å²) in [7, 11) is 0. The summed E-state index contributed by atoms with van der Waals surface area (Å²) in [6, 6.07) is 50.0. The van der Waals surface area contributed by atoms with Crippen LogP contribution in [0.25, 0.3) is 90.9 Å². The molecule has 49 heavy (non-hydrogen) atoms. The molecule has 5 heteroatoms. The van der Waals surface area contributed by atoms with Crippen LogP contribution in [0.2, 0.25) is 0 Å². The van der Waals surface area contributed by atoms with Crippen LogP contribution >= 0.6 is 0 Å². The van der Waals surface area contributed by atoms with Gasteiger partial charge in [0.05, 0.1) is 22.8 Å². The van der Waals surface area contributed by atoms with Crippen LogP contribution in [0.3, 0.4) is 0 Å². The van der Waals surface area contributed by atoms with Gasteiger partial charge >= 0.3 is 19.5 Å². The van der Waals surface area contributed by atoms with Gasteiger partial charge in [0.2, 0.25) is 0 Å². The summed E-state index contributed by atoms with van der Waals surface area (Å²) in [5.41, 5.74) is 15.0. The molecule has 2 aliphatic rings. The van der Waals surface area contributed by atoms with Gasteiger partial charge in [-0.05, 0) is 68.8 Å². The van der Waals surface area contributed by atoms with Crippen molar-refractivity contribution in [3.63, 3.8) is 0 Å². The molecule has 4 aromatic carbocycles. The summed E-state index contributed by atoms with van der Waals surface area (Å²) in [6.07, 6.45) is 8.41. The monoisotopic (exact) mass is 715 g/mol. The molecule has 7 aromatic rings. The normalized spacial score (nSPS) is 11.8. The van der Waals surface area contributed by atoms with E-state index in [0.29, 0.717) is 0 Å². The van der Waals surface area contributed by atoms with Crippen LogP contribution in [-0.4, -0.2) is 9.97 Å². The topological polar surface area (TPSA) is 54.0 Å². The van der Waals surface area contributed by atoms with Crippen molar-refractivity contribution in [2.24, 2.45) is 0 Å². The fourth-order valence-corrected chi connectivity index (χ4v) is 6.69. The Morgan fingerprint density at radius 2 is 0.510 bits per heavy atom. The maximum absolute atomic E-state index is 5.31. The van der Waals surface area contributed by atoms with Gasteiger partial charge in [-0.1, -0.05) is 146 Å². The average Bonchev–Trinajstić information content (AvgIpc) is 3.98. The minimum absolute atomic E-state index is 0. The van der Waals surface area contributed by atoms with Crippen molar-refractivity contribution in [2.75, 3.05) is 0 Å². The third-order valence-corrected chi connectivity index (χ3v) is 8.86. The van der Waals surface area contributed by atoms with E-state index in [1.54, 1.807) is 0 Å². The first-order valence-corrected chi connectivity index (χ1v) is 16.1. The van der Waals surface area contributed by atoms with Crippen LogP contribution in [0, 0.1) is 0 Å². The SMILES string of the molecule is C1=Cc2nc1c(-c1ccccc1)c1ccc([n-]1)c(-c1ccccc1)c1nc(c(-c3ccccc3)c3ccc([n-]3)c2-c2ccccc2)C=C1.[Rh+3]. The summed E-state index contributed by atoms with van der Waals surface area (Å²) in [6.45, 7) is 0. The van der Waals surface area contributed by atoms with Gasteiger partial charge in [0.1, 0.15) is 0 Å². The molecule has 9 rings (SSSR count). The molecule has 0 saturated heterocycles. The summed E-state index contributed by atoms with van der Waals surface area (Å²) < 4.78 is 0. The van der Waals surface area contributed by atoms with E-state index >= 15 is 0 Å². The van der Waals surface area contributed by atoms with E-state index in [-0.39, 0.29) is 19.5 Å². The Labute approximate surface area is 297 Å². The van der Waals surface area contributed by atoms with Gasteiger partial charge in [0, 0.05) is 0 Å². The van der Waals surface area contributed by atoms with Crippen molar-refractivity contribution in [2.45, 2.75) is 0 Å². The Kier molecular flexibility index (Phi) is 8.05. The molecule has 4 nitrogen and oxygen atoms in total. The minimum Gasteiger partial charge on any atom is -0.657 e. The smallest absolute Gasteiger partial charge is 0.657 e. The summed E-state index contributed by atoms with van der Waals surface area (Å²) in [4.78, 5) is 21.2. The molecule has 0 spiro atoms. The van der Waals surface area contributed by atoms with E-state index < -0.39 is 0 Å². The van der Waals surface area contributed by atoms with E-state index in [1.807, 2.05) is 24.3 Å². The molecule has 5 heterocycles. The van der Waals surface area contributed by atoms with E-state index in [9.17, 15) is 0 Å². The van der Waals surface area contributed by atoms with E-state index in [4.69, 9.17) is 19.9 Å². The van der Waals surface area contributed by atoms with Crippen LogP contribution in [0.4, 0.5) is 0 Å². The van der Waals surface area contributed by atoms with Crippen molar-refractivity contribution in [1.82, 2.24) is 19.9 Å². The van der Waals surface area contributed by atoms with Crippen LogP contribution < -0.4 is 9.97 Å². The zero-order chi connectivity index (χ0) is 31.9. The van der Waals surface area contributed by atoms with Gasteiger partial charge in [-0.3, -0.25) is 0 Å². The van der Waals surface area contributed by atoms with Crippen LogP contribution in [0.5, 0.6) is 0 Å². The zero-order valence-corrected chi connectivity index (χ0v) is 27.9. The molecule has 0 aliphatic carbocycles. The molecule has 232 valence electrons. The quantitative estimate of drug-likeness (QED) is 0.170. The van der Waals surface area contributed by atoms with Crippen LogP contribution in [0.1, 0.15) is 22.8 Å². The van der Waals surface area contributed by atoms with Gasteiger partial charge in [-0.25, -0.2) is 9.97 Å². The first-order chi connectivity index (χ1) is 23.8. The van der Waals surface area contributed by atoms with Gasteiger partial charge < -0.3 is 9.97 Å². The molecule has 0 saturated carbocycles. The molecule has 8 bridgehead atoms. The van der Waals surface area contributed by atoms with Crippen LogP contribution in [0.15, 0.2) is 146 Å². The molecule has 0 amide bonds. The average molecular weight is 716 g/mol. The Hall–Kier alpha value is -5.90. The zero-order valence-electron chi connectivity index (χ0n) is 26.3.